The minimum Gasteiger partial charge on any atom is -1.00 e. The van der Waals surface area contributed by atoms with Crippen molar-refractivity contribution < 1.29 is 81.1 Å². The van der Waals surface area contributed by atoms with Crippen LogP contribution in [0.1, 0.15) is 206 Å². The van der Waals surface area contributed by atoms with Gasteiger partial charge < -0.3 is 61.9 Å². The minimum atomic E-state index is -0.199. The maximum Gasteiger partial charge on any atom is 0.305 e. The highest BCUT2D eigenvalue weighted by atomic mass is 79.9. The highest BCUT2D eigenvalue weighted by molar-refractivity contribution is 5.69. The number of ether oxygens (including phenoxy) is 4. The van der Waals surface area contributed by atoms with Gasteiger partial charge in [0, 0.05) is 26.7 Å². The zero-order valence-corrected chi connectivity index (χ0v) is 43.0. The van der Waals surface area contributed by atoms with Crippen LogP contribution in [0.3, 0.4) is 0 Å². The summed E-state index contributed by atoms with van der Waals surface area (Å²) in [6.07, 6.45) is 34.4. The summed E-state index contributed by atoms with van der Waals surface area (Å²) in [5.41, 5.74) is 0. The molecule has 0 aromatic rings. The van der Waals surface area contributed by atoms with E-state index in [1.807, 2.05) is 0 Å². The molecule has 0 radical (unpaired) electrons. The maximum atomic E-state index is 12.1. The van der Waals surface area contributed by atoms with Crippen LogP contribution in [-0.4, -0.2) is 114 Å². The third-order valence-corrected chi connectivity index (χ3v) is 11.4. The van der Waals surface area contributed by atoms with Crippen LogP contribution in [0.4, 0.5) is 0 Å². The lowest BCUT2D eigenvalue weighted by Gasteiger charge is -2.29. The van der Waals surface area contributed by atoms with Crippen molar-refractivity contribution >= 4 is 23.9 Å². The minimum absolute atomic E-state index is 0. The Labute approximate surface area is 390 Å². The summed E-state index contributed by atoms with van der Waals surface area (Å²) < 4.78 is 22.9. The topological polar surface area (TPSA) is 105 Å². The van der Waals surface area contributed by atoms with Crippen LogP contribution in [0.5, 0.6) is 0 Å². The van der Waals surface area contributed by atoms with E-state index in [4.69, 9.17) is 18.9 Å². The molecule has 358 valence electrons. The number of quaternary nitrogens is 2. The highest BCUT2D eigenvalue weighted by Gasteiger charge is 2.16. The predicted molar refractivity (Wildman–Crippen MR) is 237 cm³/mol. The quantitative estimate of drug-likeness (QED) is 0.0362. The molecule has 0 aliphatic heterocycles. The number of carbonyl (C=O) groups is 4. The molecule has 10 nitrogen and oxygen atoms in total. The monoisotopic (exact) mass is 985 g/mol. The lowest BCUT2D eigenvalue weighted by molar-refractivity contribution is -0.890. The first kappa shape index (κ1) is 63.1. The lowest BCUT2D eigenvalue weighted by atomic mass is 10.1. The van der Waals surface area contributed by atoms with Gasteiger partial charge in [-0.15, -0.1) is 0 Å². The molecular formula is C48H94Br2N2O8. The molecule has 0 spiro atoms. The van der Waals surface area contributed by atoms with Crippen LogP contribution < -0.4 is 34.0 Å². The van der Waals surface area contributed by atoms with Gasteiger partial charge in [0.2, 0.25) is 0 Å². The molecule has 0 saturated carbocycles. The number of likely N-dealkylation sites (N-methyl/N-ethyl adjacent to an activating group) is 2. The van der Waals surface area contributed by atoms with E-state index in [-0.39, 0.29) is 57.8 Å². The number of nitrogens with zero attached hydrogens (tertiary/aromatic N) is 2. The number of rotatable bonds is 43. The Bertz CT molecular complexity index is 1010. The molecule has 0 aromatic heterocycles. The molecule has 0 N–H and O–H groups in total. The number of carbonyl (C=O) groups excluding carboxylic acids is 4. The Morgan fingerprint density at radius 1 is 0.300 bits per heavy atom. The van der Waals surface area contributed by atoms with Gasteiger partial charge in [-0.1, -0.05) is 128 Å². The van der Waals surface area contributed by atoms with Crippen molar-refractivity contribution in [3.63, 3.8) is 0 Å². The summed E-state index contributed by atoms with van der Waals surface area (Å²) >= 11 is 0. The average molecular weight is 987 g/mol. The van der Waals surface area contributed by atoms with Crippen molar-refractivity contribution in [3.05, 3.63) is 0 Å². The van der Waals surface area contributed by atoms with Gasteiger partial charge in [0.05, 0.1) is 54.5 Å². The standard InChI is InChI=1S/C48H94N2O8.2BrH/c1-45(51)55-43-39-49(3,4)37-31-25-19-13-8-7-9-15-21-27-33-41-57-47(53)35-29-23-17-11-12-18-24-30-36-48(54)58-42-34-28-22-16-10-14-20-26-32-38-50(5,6)40-44-56-46(2)52;;/h7-44H2,1-6H3;2*1H/q+2;;/p-2. The van der Waals surface area contributed by atoms with Crippen molar-refractivity contribution in [2.45, 2.75) is 206 Å². The lowest BCUT2D eigenvalue weighted by Crippen LogP contribution is -3.00. The Hall–Kier alpha value is -1.24. The second-order valence-electron chi connectivity index (χ2n) is 18.3. The van der Waals surface area contributed by atoms with Crippen molar-refractivity contribution in [2.24, 2.45) is 0 Å². The largest absolute Gasteiger partial charge is 1.00 e. The van der Waals surface area contributed by atoms with Gasteiger partial charge >= 0.3 is 23.9 Å². The summed E-state index contributed by atoms with van der Waals surface area (Å²) in [5, 5.41) is 0. The molecule has 0 unspecified atom stereocenters. The number of unbranched alkanes of at least 4 members (excludes halogenated alkanes) is 25. The van der Waals surface area contributed by atoms with Crippen LogP contribution in [-0.2, 0) is 38.1 Å². The van der Waals surface area contributed by atoms with E-state index >= 15 is 0 Å². The van der Waals surface area contributed by atoms with Crippen LogP contribution >= 0.6 is 0 Å². The van der Waals surface area contributed by atoms with Gasteiger partial charge in [0.25, 0.3) is 0 Å². The van der Waals surface area contributed by atoms with E-state index in [9.17, 15) is 19.2 Å². The van der Waals surface area contributed by atoms with Gasteiger partial charge in [-0.2, -0.15) is 0 Å². The Morgan fingerprint density at radius 3 is 0.800 bits per heavy atom. The molecule has 0 aromatic carbocycles. The summed E-state index contributed by atoms with van der Waals surface area (Å²) in [7, 11) is 8.82. The Kier molecular flexibility index (Phi) is 46.6. The smallest absolute Gasteiger partial charge is 0.305 e. The number of halogens is 2. The van der Waals surface area contributed by atoms with E-state index in [1.54, 1.807) is 0 Å². The molecule has 0 saturated heterocycles. The second-order valence-corrected chi connectivity index (χ2v) is 18.3. The highest BCUT2D eigenvalue weighted by Crippen LogP contribution is 2.15. The fourth-order valence-corrected chi connectivity index (χ4v) is 7.32. The summed E-state index contributed by atoms with van der Waals surface area (Å²) in [5.74, 6) is -0.479. The molecule has 0 bridgehead atoms. The summed E-state index contributed by atoms with van der Waals surface area (Å²) in [6, 6.07) is 0. The Balaban J connectivity index is -0.0000162. The van der Waals surface area contributed by atoms with E-state index in [2.05, 4.69) is 28.2 Å². The van der Waals surface area contributed by atoms with Crippen LogP contribution in [0.15, 0.2) is 0 Å². The van der Waals surface area contributed by atoms with Gasteiger partial charge in [0.15, 0.2) is 0 Å². The van der Waals surface area contributed by atoms with Crippen LogP contribution in [0, 0.1) is 0 Å². The second kappa shape index (κ2) is 44.4. The molecule has 0 aliphatic rings. The van der Waals surface area contributed by atoms with Crippen LogP contribution in [0.25, 0.3) is 0 Å². The molecular weight excluding hydrogens is 892 g/mol. The molecule has 0 heterocycles. The van der Waals surface area contributed by atoms with Crippen LogP contribution in [0.2, 0.25) is 0 Å². The molecule has 60 heavy (non-hydrogen) atoms. The number of hydrogen-bond donors (Lipinski definition) is 0. The van der Waals surface area contributed by atoms with Gasteiger partial charge in [-0.3, -0.25) is 19.2 Å². The predicted octanol–water partition coefficient (Wildman–Crippen LogP) is 5.06. The number of hydrogen-bond acceptors (Lipinski definition) is 8. The molecule has 12 heteroatoms. The molecule has 0 atom stereocenters. The van der Waals surface area contributed by atoms with E-state index in [0.29, 0.717) is 39.3 Å². The van der Waals surface area contributed by atoms with E-state index in [1.165, 1.54) is 129 Å². The fourth-order valence-electron chi connectivity index (χ4n) is 7.32. The zero-order valence-electron chi connectivity index (χ0n) is 39.8. The molecule has 0 aliphatic carbocycles. The third-order valence-electron chi connectivity index (χ3n) is 11.4. The molecule has 0 rings (SSSR count). The Morgan fingerprint density at radius 2 is 0.533 bits per heavy atom. The van der Waals surface area contributed by atoms with E-state index in [0.717, 1.165) is 99.4 Å². The van der Waals surface area contributed by atoms with Gasteiger partial charge in [-0.05, 0) is 51.4 Å². The average Bonchev–Trinajstić information content (AvgIpc) is 3.15. The van der Waals surface area contributed by atoms with Crippen molar-refractivity contribution in [1.82, 2.24) is 0 Å². The first-order valence-electron chi connectivity index (χ1n) is 24.0. The summed E-state index contributed by atoms with van der Waals surface area (Å²) in [6.45, 7) is 9.07. The van der Waals surface area contributed by atoms with Gasteiger partial charge in [-0.25, -0.2) is 0 Å². The first-order chi connectivity index (χ1) is 27.8. The van der Waals surface area contributed by atoms with Crippen molar-refractivity contribution in [1.29, 1.82) is 0 Å². The maximum absolute atomic E-state index is 12.1. The molecule has 0 amide bonds. The first-order valence-corrected chi connectivity index (χ1v) is 24.0. The zero-order chi connectivity index (χ0) is 43.0. The van der Waals surface area contributed by atoms with E-state index < -0.39 is 0 Å². The summed E-state index contributed by atoms with van der Waals surface area (Å²) in [4.78, 5) is 46.0. The normalized spacial score (nSPS) is 11.4. The van der Waals surface area contributed by atoms with Crippen molar-refractivity contribution in [2.75, 3.05) is 80.8 Å². The number of esters is 4. The fraction of sp³-hybridized carbons (Fsp3) is 0.917. The third kappa shape index (κ3) is 49.4. The van der Waals surface area contributed by atoms with Crippen molar-refractivity contribution in [3.8, 4) is 0 Å². The molecule has 0 fully saturated rings. The van der Waals surface area contributed by atoms with Gasteiger partial charge in [0.1, 0.15) is 26.3 Å². The SMILES string of the molecule is CC(=O)OCC[N+](C)(C)CCCCCCCCCCCCCOC(=O)CCCCCCCCCCC(=O)OCCCCCCCCCCC[N+](C)(C)CCOC(C)=O.[Br-].[Br-].